The normalized spacial score (nSPS) is 16.3. The van der Waals surface area contributed by atoms with Crippen molar-refractivity contribution < 1.29 is 9.59 Å². The van der Waals surface area contributed by atoms with Crippen LogP contribution in [0.15, 0.2) is 48.5 Å². The topological polar surface area (TPSA) is 70.2 Å². The van der Waals surface area contributed by atoms with Crippen molar-refractivity contribution in [1.29, 1.82) is 0 Å². The van der Waals surface area contributed by atoms with Crippen LogP contribution in [0.25, 0.3) is 0 Å². The van der Waals surface area contributed by atoms with Gasteiger partial charge < -0.3 is 16.0 Å². The summed E-state index contributed by atoms with van der Waals surface area (Å²) in [5.74, 6) is -0.261. The second-order valence-electron chi connectivity index (χ2n) is 6.76. The fourth-order valence-corrected chi connectivity index (χ4v) is 3.13. The lowest BCUT2D eigenvalue weighted by atomic mass is 10.1. The molecule has 0 aromatic heterocycles. The average molecular weight is 351 g/mol. The summed E-state index contributed by atoms with van der Waals surface area (Å²) < 4.78 is 0. The number of carbonyl (C=O) groups excluding carboxylic acids is 2. The summed E-state index contributed by atoms with van der Waals surface area (Å²) >= 11 is 0. The van der Waals surface area contributed by atoms with E-state index in [1.54, 1.807) is 18.2 Å². The Morgan fingerprint density at radius 2 is 1.88 bits per heavy atom. The molecule has 2 aromatic carbocycles. The minimum Gasteiger partial charge on any atom is -0.348 e. The smallest absolute Gasteiger partial charge is 0.253 e. The van der Waals surface area contributed by atoms with Crippen LogP contribution < -0.4 is 16.0 Å². The summed E-state index contributed by atoms with van der Waals surface area (Å²) in [6.45, 7) is 3.45. The number of nitrogens with one attached hydrogen (secondary N) is 3. The van der Waals surface area contributed by atoms with Gasteiger partial charge in [-0.25, -0.2) is 0 Å². The van der Waals surface area contributed by atoms with Crippen LogP contribution in [0, 0.1) is 6.92 Å². The molecule has 1 aliphatic rings. The molecular weight excluding hydrogens is 326 g/mol. The van der Waals surface area contributed by atoms with Crippen LogP contribution >= 0.6 is 0 Å². The van der Waals surface area contributed by atoms with Crippen molar-refractivity contribution in [2.75, 3.05) is 11.9 Å². The van der Waals surface area contributed by atoms with Gasteiger partial charge in [-0.05, 0) is 44.0 Å². The van der Waals surface area contributed by atoms with Crippen molar-refractivity contribution in [2.45, 2.75) is 38.8 Å². The molecule has 1 saturated heterocycles. The average Bonchev–Trinajstić information content (AvgIpc) is 3.14. The molecule has 0 spiro atoms. The number of para-hydroxylation sites is 1. The third kappa shape index (κ3) is 4.92. The Morgan fingerprint density at radius 1 is 1.12 bits per heavy atom. The number of benzene rings is 2. The highest BCUT2D eigenvalue weighted by molar-refractivity contribution is 6.03. The van der Waals surface area contributed by atoms with E-state index in [0.29, 0.717) is 24.2 Å². The van der Waals surface area contributed by atoms with E-state index in [9.17, 15) is 9.59 Å². The Balaban J connectivity index is 1.60. The summed E-state index contributed by atoms with van der Waals surface area (Å²) in [6, 6.07) is 15.4. The Morgan fingerprint density at radius 3 is 2.62 bits per heavy atom. The predicted molar refractivity (Wildman–Crippen MR) is 103 cm³/mol. The first-order valence-corrected chi connectivity index (χ1v) is 9.08. The maximum Gasteiger partial charge on any atom is 0.253 e. The largest absolute Gasteiger partial charge is 0.348 e. The highest BCUT2D eigenvalue weighted by atomic mass is 16.2. The van der Waals surface area contributed by atoms with Crippen LogP contribution in [0.5, 0.6) is 0 Å². The van der Waals surface area contributed by atoms with Crippen molar-refractivity contribution in [1.82, 2.24) is 10.6 Å². The standard InChI is InChI=1S/C21H25N3O2/c1-15-8-10-16(11-9-15)14-23-21(26)18-6-2-3-7-19(18)24-20(25)13-17-5-4-12-22-17/h2-3,6-11,17,22H,4-5,12-14H2,1H3,(H,23,26)(H,24,25). The summed E-state index contributed by atoms with van der Waals surface area (Å²) in [7, 11) is 0. The number of amides is 2. The molecule has 5 heteroatoms. The number of anilines is 1. The van der Waals surface area contributed by atoms with Crippen LogP contribution in [0.3, 0.4) is 0 Å². The van der Waals surface area contributed by atoms with Gasteiger partial charge in [0.25, 0.3) is 5.91 Å². The van der Waals surface area contributed by atoms with Crippen molar-refractivity contribution in [2.24, 2.45) is 0 Å². The van der Waals surface area contributed by atoms with Crippen molar-refractivity contribution in [3.63, 3.8) is 0 Å². The molecule has 0 aliphatic carbocycles. The van der Waals surface area contributed by atoms with E-state index in [1.165, 1.54) is 5.56 Å². The van der Waals surface area contributed by atoms with Gasteiger partial charge in [0.2, 0.25) is 5.91 Å². The molecule has 2 amide bonds. The van der Waals surface area contributed by atoms with Crippen LogP contribution in [0.2, 0.25) is 0 Å². The molecule has 3 rings (SSSR count). The van der Waals surface area contributed by atoms with Gasteiger partial charge in [-0.3, -0.25) is 9.59 Å². The maximum absolute atomic E-state index is 12.6. The van der Waals surface area contributed by atoms with E-state index >= 15 is 0 Å². The third-order valence-electron chi connectivity index (χ3n) is 4.61. The van der Waals surface area contributed by atoms with Crippen molar-refractivity contribution in [3.05, 3.63) is 65.2 Å². The van der Waals surface area contributed by atoms with Gasteiger partial charge in [-0.15, -0.1) is 0 Å². The van der Waals surface area contributed by atoms with Gasteiger partial charge in [-0.2, -0.15) is 0 Å². The quantitative estimate of drug-likeness (QED) is 0.749. The Hall–Kier alpha value is -2.66. The lowest BCUT2D eigenvalue weighted by Gasteiger charge is -2.13. The van der Waals surface area contributed by atoms with Gasteiger partial charge in [0.1, 0.15) is 0 Å². The molecule has 0 bridgehead atoms. The van der Waals surface area contributed by atoms with Gasteiger partial charge in [0.05, 0.1) is 11.3 Å². The molecule has 1 unspecified atom stereocenters. The molecule has 2 aromatic rings. The Labute approximate surface area is 154 Å². The van der Waals surface area contributed by atoms with E-state index in [2.05, 4.69) is 16.0 Å². The van der Waals surface area contributed by atoms with Gasteiger partial charge in [0, 0.05) is 19.0 Å². The summed E-state index contributed by atoms with van der Waals surface area (Å²) in [5.41, 5.74) is 3.26. The van der Waals surface area contributed by atoms with E-state index in [4.69, 9.17) is 0 Å². The van der Waals surface area contributed by atoms with E-state index in [-0.39, 0.29) is 17.9 Å². The summed E-state index contributed by atoms with van der Waals surface area (Å²) in [4.78, 5) is 24.8. The first kappa shape index (κ1) is 18.1. The van der Waals surface area contributed by atoms with Gasteiger partial charge >= 0.3 is 0 Å². The molecule has 1 heterocycles. The SMILES string of the molecule is Cc1ccc(CNC(=O)c2ccccc2NC(=O)CC2CCCN2)cc1. The highest BCUT2D eigenvalue weighted by Crippen LogP contribution is 2.17. The Bertz CT molecular complexity index is 765. The first-order valence-electron chi connectivity index (χ1n) is 9.08. The monoisotopic (exact) mass is 351 g/mol. The van der Waals surface area contributed by atoms with Gasteiger partial charge in [-0.1, -0.05) is 42.0 Å². The number of hydrogen-bond acceptors (Lipinski definition) is 3. The second-order valence-corrected chi connectivity index (χ2v) is 6.76. The molecule has 5 nitrogen and oxygen atoms in total. The minimum atomic E-state index is -0.194. The van der Waals surface area contributed by atoms with E-state index in [1.807, 2.05) is 37.3 Å². The van der Waals surface area contributed by atoms with Crippen LogP contribution in [-0.4, -0.2) is 24.4 Å². The molecule has 1 fully saturated rings. The Kier molecular flexibility index (Phi) is 6.02. The lowest BCUT2D eigenvalue weighted by Crippen LogP contribution is -2.29. The van der Waals surface area contributed by atoms with Crippen LogP contribution in [-0.2, 0) is 11.3 Å². The zero-order valence-electron chi connectivity index (χ0n) is 15.0. The number of hydrogen-bond donors (Lipinski definition) is 3. The molecule has 1 atom stereocenters. The molecule has 0 saturated carbocycles. The number of aryl methyl sites for hydroxylation is 1. The predicted octanol–water partition coefficient (Wildman–Crippen LogP) is 3.01. The zero-order chi connectivity index (χ0) is 18.4. The first-order chi connectivity index (χ1) is 12.6. The molecular formula is C21H25N3O2. The fourth-order valence-electron chi connectivity index (χ4n) is 3.13. The lowest BCUT2D eigenvalue weighted by molar-refractivity contribution is -0.116. The molecule has 0 radical (unpaired) electrons. The zero-order valence-corrected chi connectivity index (χ0v) is 15.0. The van der Waals surface area contributed by atoms with Gasteiger partial charge in [0.15, 0.2) is 0 Å². The molecule has 26 heavy (non-hydrogen) atoms. The number of carbonyl (C=O) groups is 2. The minimum absolute atomic E-state index is 0.0665. The second kappa shape index (κ2) is 8.63. The summed E-state index contributed by atoms with van der Waals surface area (Å²) in [6.07, 6.45) is 2.56. The van der Waals surface area contributed by atoms with Crippen LogP contribution in [0.4, 0.5) is 5.69 Å². The number of rotatable bonds is 6. The van der Waals surface area contributed by atoms with E-state index in [0.717, 1.165) is 24.9 Å². The van der Waals surface area contributed by atoms with Crippen LogP contribution in [0.1, 0.15) is 40.7 Å². The molecule has 136 valence electrons. The van der Waals surface area contributed by atoms with Crippen molar-refractivity contribution >= 4 is 17.5 Å². The molecule has 1 aliphatic heterocycles. The highest BCUT2D eigenvalue weighted by Gasteiger charge is 2.19. The van der Waals surface area contributed by atoms with E-state index < -0.39 is 0 Å². The molecule has 3 N–H and O–H groups in total. The summed E-state index contributed by atoms with van der Waals surface area (Å²) in [5, 5.41) is 9.12. The fraction of sp³-hybridized carbons (Fsp3) is 0.333. The maximum atomic E-state index is 12.6. The third-order valence-corrected chi connectivity index (χ3v) is 4.61. The van der Waals surface area contributed by atoms with Crippen molar-refractivity contribution in [3.8, 4) is 0 Å².